The Kier molecular flexibility index (Phi) is 4.58. The Morgan fingerprint density at radius 1 is 1.35 bits per heavy atom. The van der Waals surface area contributed by atoms with Crippen LogP contribution in [0.5, 0.6) is 0 Å². The van der Waals surface area contributed by atoms with E-state index in [0.29, 0.717) is 17.3 Å². The van der Waals surface area contributed by atoms with E-state index >= 15 is 0 Å². The van der Waals surface area contributed by atoms with Crippen LogP contribution in [0.1, 0.15) is 18.1 Å². The van der Waals surface area contributed by atoms with E-state index in [2.05, 4.69) is 15.5 Å². The minimum Gasteiger partial charge on any atom is -0.271 e. The minimum atomic E-state index is -4.65. The molecule has 0 fully saturated rings. The highest BCUT2D eigenvalue weighted by Crippen LogP contribution is 2.34. The minimum absolute atomic E-state index is 0.133. The number of nitro benzene ring substituents is 1. The van der Waals surface area contributed by atoms with Gasteiger partial charge in [0.05, 0.1) is 16.2 Å². The zero-order valence-electron chi connectivity index (χ0n) is 11.8. The fourth-order valence-corrected chi connectivity index (χ4v) is 1.74. The van der Waals surface area contributed by atoms with Crippen LogP contribution in [-0.4, -0.2) is 15.6 Å². The summed E-state index contributed by atoms with van der Waals surface area (Å²) in [7, 11) is 0. The smallest absolute Gasteiger partial charge is 0.271 e. The van der Waals surface area contributed by atoms with Gasteiger partial charge in [-0.25, -0.2) is 0 Å². The van der Waals surface area contributed by atoms with Crippen molar-refractivity contribution < 1.29 is 18.1 Å². The molecule has 1 N–H and O–H groups in total. The number of nitrogens with zero attached hydrogens (tertiary/aromatic N) is 3. The van der Waals surface area contributed by atoms with E-state index in [1.165, 1.54) is 0 Å². The lowest BCUT2D eigenvalue weighted by molar-refractivity contribution is -0.384. The van der Waals surface area contributed by atoms with Crippen LogP contribution in [-0.2, 0) is 6.18 Å². The summed E-state index contributed by atoms with van der Waals surface area (Å²) >= 11 is 0. The van der Waals surface area contributed by atoms with Crippen molar-refractivity contribution in [3.8, 4) is 0 Å². The topological polar surface area (TPSA) is 80.4 Å². The van der Waals surface area contributed by atoms with E-state index in [0.717, 1.165) is 12.1 Å². The first-order valence-corrected chi connectivity index (χ1v) is 6.35. The second-order valence-corrected chi connectivity index (χ2v) is 4.54. The Bertz CT molecular complexity index is 745. The number of rotatable bonds is 4. The van der Waals surface area contributed by atoms with Gasteiger partial charge in [0.1, 0.15) is 5.69 Å². The fraction of sp³-hybridized carbons (Fsp3) is 0.143. The number of halogens is 3. The number of hydrazone groups is 1. The van der Waals surface area contributed by atoms with Crippen molar-refractivity contribution in [1.29, 1.82) is 0 Å². The summed E-state index contributed by atoms with van der Waals surface area (Å²) in [5.41, 5.74) is 1.64. The molecule has 2 rings (SSSR count). The summed E-state index contributed by atoms with van der Waals surface area (Å²) in [5.74, 6) is 0. The standard InChI is InChI=1S/C14H11F3N4O2/c1-9(10-3-2-6-18-8-10)19-20-12-5-4-11(14(15,16)17)7-13(12)21(22)23/h2-8,20H,1H3/b19-9-. The summed E-state index contributed by atoms with van der Waals surface area (Å²) in [6.07, 6.45) is -1.54. The number of pyridine rings is 1. The predicted octanol–water partition coefficient (Wildman–Crippen LogP) is 3.84. The summed E-state index contributed by atoms with van der Waals surface area (Å²) in [4.78, 5) is 14.0. The highest BCUT2D eigenvalue weighted by molar-refractivity contribution is 5.98. The van der Waals surface area contributed by atoms with Gasteiger partial charge in [-0.05, 0) is 25.1 Å². The zero-order valence-corrected chi connectivity index (χ0v) is 11.8. The third-order valence-corrected chi connectivity index (χ3v) is 2.95. The van der Waals surface area contributed by atoms with Crippen LogP contribution in [0.4, 0.5) is 24.5 Å². The van der Waals surface area contributed by atoms with E-state index in [4.69, 9.17) is 0 Å². The Morgan fingerprint density at radius 2 is 2.09 bits per heavy atom. The van der Waals surface area contributed by atoms with Crippen molar-refractivity contribution in [1.82, 2.24) is 4.98 Å². The molecule has 1 aromatic heterocycles. The van der Waals surface area contributed by atoms with E-state index in [-0.39, 0.29) is 5.69 Å². The van der Waals surface area contributed by atoms with Crippen molar-refractivity contribution in [2.24, 2.45) is 5.10 Å². The largest absolute Gasteiger partial charge is 0.416 e. The molecule has 2 aromatic rings. The molecular formula is C14H11F3N4O2. The van der Waals surface area contributed by atoms with Gasteiger partial charge >= 0.3 is 6.18 Å². The Balaban J connectivity index is 2.31. The molecule has 0 amide bonds. The molecule has 23 heavy (non-hydrogen) atoms. The van der Waals surface area contributed by atoms with Gasteiger partial charge in [-0.2, -0.15) is 18.3 Å². The van der Waals surface area contributed by atoms with Crippen LogP contribution in [0.2, 0.25) is 0 Å². The molecule has 0 bridgehead atoms. The quantitative estimate of drug-likeness (QED) is 0.526. The number of alkyl halides is 3. The Labute approximate surface area is 128 Å². The molecule has 6 nitrogen and oxygen atoms in total. The van der Waals surface area contributed by atoms with Gasteiger partial charge in [-0.3, -0.25) is 20.5 Å². The van der Waals surface area contributed by atoms with Gasteiger partial charge in [0.25, 0.3) is 5.69 Å². The molecule has 1 heterocycles. The molecule has 0 aliphatic heterocycles. The van der Waals surface area contributed by atoms with Crippen LogP contribution in [0.3, 0.4) is 0 Å². The van der Waals surface area contributed by atoms with E-state index < -0.39 is 22.4 Å². The number of hydrogen-bond donors (Lipinski definition) is 1. The Hall–Kier alpha value is -2.97. The third kappa shape index (κ3) is 4.02. The molecule has 0 radical (unpaired) electrons. The fourth-order valence-electron chi connectivity index (χ4n) is 1.74. The Morgan fingerprint density at radius 3 is 2.65 bits per heavy atom. The van der Waals surface area contributed by atoms with Crippen LogP contribution in [0, 0.1) is 10.1 Å². The van der Waals surface area contributed by atoms with Gasteiger partial charge in [-0.1, -0.05) is 6.07 Å². The summed E-state index contributed by atoms with van der Waals surface area (Å²) in [5, 5.41) is 14.9. The average molecular weight is 324 g/mol. The maximum Gasteiger partial charge on any atom is 0.416 e. The SMILES string of the molecule is C/C(=N/Nc1ccc(C(F)(F)F)cc1[N+](=O)[O-])c1cccnc1. The number of nitrogens with one attached hydrogen (secondary N) is 1. The van der Waals surface area contributed by atoms with Crippen LogP contribution < -0.4 is 5.43 Å². The molecule has 1 aromatic carbocycles. The maximum absolute atomic E-state index is 12.6. The molecule has 120 valence electrons. The summed E-state index contributed by atoms with van der Waals surface area (Å²) < 4.78 is 37.9. The number of nitro groups is 1. The highest BCUT2D eigenvalue weighted by atomic mass is 19.4. The lowest BCUT2D eigenvalue weighted by Crippen LogP contribution is -2.07. The van der Waals surface area contributed by atoms with Gasteiger partial charge < -0.3 is 0 Å². The number of benzene rings is 1. The van der Waals surface area contributed by atoms with Crippen molar-refractivity contribution in [3.05, 3.63) is 64.0 Å². The predicted molar refractivity (Wildman–Crippen MR) is 78.2 cm³/mol. The van der Waals surface area contributed by atoms with E-state index in [1.54, 1.807) is 31.5 Å². The first-order chi connectivity index (χ1) is 10.8. The molecule has 0 atom stereocenters. The molecule has 0 saturated carbocycles. The van der Waals surface area contributed by atoms with Crippen molar-refractivity contribution in [3.63, 3.8) is 0 Å². The second-order valence-electron chi connectivity index (χ2n) is 4.54. The average Bonchev–Trinajstić information content (AvgIpc) is 2.52. The first kappa shape index (κ1) is 16.4. The summed E-state index contributed by atoms with van der Waals surface area (Å²) in [6, 6.07) is 5.62. The lowest BCUT2D eigenvalue weighted by Gasteiger charge is -2.09. The van der Waals surface area contributed by atoms with Crippen LogP contribution >= 0.6 is 0 Å². The van der Waals surface area contributed by atoms with Crippen molar-refractivity contribution >= 4 is 17.1 Å². The lowest BCUT2D eigenvalue weighted by atomic mass is 10.1. The van der Waals surface area contributed by atoms with Crippen LogP contribution in [0.15, 0.2) is 47.8 Å². The molecule has 0 spiro atoms. The molecule has 0 unspecified atom stereocenters. The third-order valence-electron chi connectivity index (χ3n) is 2.95. The van der Waals surface area contributed by atoms with Crippen molar-refractivity contribution in [2.75, 3.05) is 5.43 Å². The number of aromatic nitrogens is 1. The normalized spacial score (nSPS) is 12.1. The van der Waals surface area contributed by atoms with Gasteiger partial charge in [-0.15, -0.1) is 0 Å². The van der Waals surface area contributed by atoms with E-state index in [1.807, 2.05) is 0 Å². The maximum atomic E-state index is 12.6. The molecule has 0 aliphatic rings. The zero-order chi connectivity index (χ0) is 17.0. The van der Waals surface area contributed by atoms with Gasteiger partial charge in [0, 0.05) is 24.0 Å². The molecular weight excluding hydrogens is 313 g/mol. The molecule has 0 aliphatic carbocycles. The second kappa shape index (κ2) is 6.42. The van der Waals surface area contributed by atoms with Crippen LogP contribution in [0.25, 0.3) is 0 Å². The van der Waals surface area contributed by atoms with Gasteiger partial charge in [0.2, 0.25) is 0 Å². The van der Waals surface area contributed by atoms with E-state index in [9.17, 15) is 23.3 Å². The number of hydrogen-bond acceptors (Lipinski definition) is 5. The monoisotopic (exact) mass is 324 g/mol. The highest BCUT2D eigenvalue weighted by Gasteiger charge is 2.33. The summed E-state index contributed by atoms with van der Waals surface area (Å²) in [6.45, 7) is 1.64. The first-order valence-electron chi connectivity index (χ1n) is 6.35. The van der Waals surface area contributed by atoms with Crippen molar-refractivity contribution in [2.45, 2.75) is 13.1 Å². The number of anilines is 1. The molecule has 9 heteroatoms. The molecule has 0 saturated heterocycles. The van der Waals surface area contributed by atoms with Gasteiger partial charge in [0.15, 0.2) is 0 Å².